The Hall–Kier alpha value is -3.68. The number of hydrogen-bond acceptors (Lipinski definition) is 7. The topological polar surface area (TPSA) is 94.5 Å². The molecule has 3 aromatic heterocycles. The van der Waals surface area contributed by atoms with Crippen LogP contribution in [0.5, 0.6) is 5.75 Å². The van der Waals surface area contributed by atoms with Gasteiger partial charge in [0.1, 0.15) is 29.8 Å². The fourth-order valence-electron chi connectivity index (χ4n) is 2.82. The van der Waals surface area contributed by atoms with Gasteiger partial charge in [0.25, 0.3) is 5.91 Å². The molecule has 1 aromatic carbocycles. The largest absolute Gasteiger partial charge is 0.483 e. The lowest BCUT2D eigenvalue weighted by Crippen LogP contribution is -2.30. The summed E-state index contributed by atoms with van der Waals surface area (Å²) in [6.07, 6.45) is 3.18. The highest BCUT2D eigenvalue weighted by Crippen LogP contribution is 2.24. The average Bonchev–Trinajstić information content (AvgIpc) is 3.43. The minimum atomic E-state index is -0.280. The summed E-state index contributed by atoms with van der Waals surface area (Å²) in [6.45, 7) is 1.99. The van der Waals surface area contributed by atoms with Crippen molar-refractivity contribution >= 4 is 16.8 Å². The molecule has 8 heteroatoms. The quantitative estimate of drug-likeness (QED) is 0.506. The summed E-state index contributed by atoms with van der Waals surface area (Å²) in [7, 11) is 1.67. The number of nitrogens with zero attached hydrogens (tertiary/aromatic N) is 4. The number of pyridine rings is 1. The molecule has 8 nitrogen and oxygen atoms in total. The Balaban J connectivity index is 1.45. The standard InChI is InChI=1S/C20H18N4O4/c1-13(16-8-10-27-22-16)24(2)20(25)17-11-15(28-23-17)12-26-18-7-3-5-14-6-4-9-21-19(14)18/h3-11,13H,12H2,1-2H3. The maximum Gasteiger partial charge on any atom is 0.276 e. The third-order valence-corrected chi connectivity index (χ3v) is 4.53. The molecule has 0 aliphatic rings. The number of carbonyl (C=O) groups excluding carboxylic acids is 1. The molecule has 0 spiro atoms. The lowest BCUT2D eigenvalue weighted by molar-refractivity contribution is 0.0727. The minimum absolute atomic E-state index is 0.137. The van der Waals surface area contributed by atoms with Crippen molar-refractivity contribution in [3.8, 4) is 5.75 Å². The van der Waals surface area contributed by atoms with Gasteiger partial charge in [-0.05, 0) is 19.1 Å². The molecule has 142 valence electrons. The molecule has 1 unspecified atom stereocenters. The van der Waals surface area contributed by atoms with E-state index in [1.807, 2.05) is 37.3 Å². The Morgan fingerprint density at radius 1 is 1.21 bits per heavy atom. The second-order valence-corrected chi connectivity index (χ2v) is 6.31. The van der Waals surface area contributed by atoms with Crippen LogP contribution in [0.25, 0.3) is 10.9 Å². The van der Waals surface area contributed by atoms with Gasteiger partial charge in [0.05, 0.1) is 6.04 Å². The fraction of sp³-hybridized carbons (Fsp3) is 0.200. The first-order valence-corrected chi connectivity index (χ1v) is 8.73. The van der Waals surface area contributed by atoms with Crippen LogP contribution in [-0.4, -0.2) is 33.2 Å². The van der Waals surface area contributed by atoms with Crippen LogP contribution in [0.3, 0.4) is 0 Å². The highest BCUT2D eigenvalue weighted by molar-refractivity contribution is 5.92. The lowest BCUT2D eigenvalue weighted by atomic mass is 10.2. The van der Waals surface area contributed by atoms with Gasteiger partial charge in [0, 0.05) is 30.8 Å². The van der Waals surface area contributed by atoms with Crippen molar-refractivity contribution in [1.29, 1.82) is 0 Å². The van der Waals surface area contributed by atoms with E-state index in [1.165, 1.54) is 11.2 Å². The average molecular weight is 378 g/mol. The van der Waals surface area contributed by atoms with Gasteiger partial charge in [-0.2, -0.15) is 0 Å². The van der Waals surface area contributed by atoms with E-state index in [0.717, 1.165) is 10.9 Å². The van der Waals surface area contributed by atoms with Crippen molar-refractivity contribution in [3.63, 3.8) is 0 Å². The van der Waals surface area contributed by atoms with Gasteiger partial charge in [0.15, 0.2) is 11.5 Å². The fourth-order valence-corrected chi connectivity index (χ4v) is 2.82. The number of fused-ring (bicyclic) bond motifs is 1. The summed E-state index contributed by atoms with van der Waals surface area (Å²) in [5.74, 6) is 0.801. The molecule has 0 aliphatic heterocycles. The number of ether oxygens (including phenoxy) is 1. The Labute approximate surface area is 160 Å². The first-order chi connectivity index (χ1) is 13.6. The van der Waals surface area contributed by atoms with Crippen LogP contribution in [0.1, 0.15) is 34.9 Å². The Morgan fingerprint density at radius 2 is 2.07 bits per heavy atom. The predicted octanol–water partition coefficient (Wildman–Crippen LogP) is 3.62. The monoisotopic (exact) mass is 378 g/mol. The number of amides is 1. The lowest BCUT2D eigenvalue weighted by Gasteiger charge is -2.21. The molecule has 0 radical (unpaired) electrons. The molecule has 0 saturated carbocycles. The third kappa shape index (κ3) is 3.44. The van der Waals surface area contributed by atoms with Crippen LogP contribution >= 0.6 is 0 Å². The van der Waals surface area contributed by atoms with E-state index >= 15 is 0 Å². The van der Waals surface area contributed by atoms with Crippen LogP contribution in [-0.2, 0) is 6.61 Å². The summed E-state index contributed by atoms with van der Waals surface area (Å²) in [6, 6.07) is 12.6. The number of carbonyl (C=O) groups is 1. The summed E-state index contributed by atoms with van der Waals surface area (Å²) < 4.78 is 15.9. The number of hydrogen-bond donors (Lipinski definition) is 0. The molecular weight excluding hydrogens is 360 g/mol. The summed E-state index contributed by atoms with van der Waals surface area (Å²) in [4.78, 5) is 18.5. The van der Waals surface area contributed by atoms with E-state index in [4.69, 9.17) is 13.8 Å². The van der Waals surface area contributed by atoms with Gasteiger partial charge < -0.3 is 18.7 Å². The highest BCUT2D eigenvalue weighted by atomic mass is 16.5. The van der Waals surface area contributed by atoms with Gasteiger partial charge in [-0.15, -0.1) is 0 Å². The van der Waals surface area contributed by atoms with Crippen LogP contribution in [0, 0.1) is 0 Å². The number of rotatable bonds is 6. The first kappa shape index (κ1) is 17.7. The molecule has 0 fully saturated rings. The smallest absolute Gasteiger partial charge is 0.276 e. The first-order valence-electron chi connectivity index (χ1n) is 8.73. The molecule has 0 saturated heterocycles. The number of aromatic nitrogens is 3. The maximum absolute atomic E-state index is 12.6. The third-order valence-electron chi connectivity index (χ3n) is 4.53. The van der Waals surface area contributed by atoms with Crippen LogP contribution in [0.2, 0.25) is 0 Å². The van der Waals surface area contributed by atoms with Crippen molar-refractivity contribution in [2.75, 3.05) is 7.05 Å². The van der Waals surface area contributed by atoms with E-state index in [-0.39, 0.29) is 24.2 Å². The molecule has 4 rings (SSSR count). The predicted molar refractivity (Wildman–Crippen MR) is 99.6 cm³/mol. The van der Waals surface area contributed by atoms with Crippen LogP contribution in [0.4, 0.5) is 0 Å². The summed E-state index contributed by atoms with van der Waals surface area (Å²) in [5.41, 5.74) is 1.63. The van der Waals surface area contributed by atoms with Crippen molar-refractivity contribution in [2.24, 2.45) is 0 Å². The van der Waals surface area contributed by atoms with Gasteiger partial charge in [-0.1, -0.05) is 28.5 Å². The minimum Gasteiger partial charge on any atom is -0.483 e. The van der Waals surface area contributed by atoms with Crippen molar-refractivity contribution in [3.05, 3.63) is 72.1 Å². The van der Waals surface area contributed by atoms with Crippen LogP contribution in [0.15, 0.2) is 64.0 Å². The molecule has 4 aromatic rings. The summed E-state index contributed by atoms with van der Waals surface area (Å²) >= 11 is 0. The Kier molecular flexibility index (Phi) is 4.76. The van der Waals surface area contributed by atoms with Gasteiger partial charge in [-0.25, -0.2) is 0 Å². The van der Waals surface area contributed by atoms with Crippen molar-refractivity contribution in [1.82, 2.24) is 20.2 Å². The van der Waals surface area contributed by atoms with E-state index in [1.54, 1.807) is 25.4 Å². The highest BCUT2D eigenvalue weighted by Gasteiger charge is 2.23. The SMILES string of the molecule is CC(c1ccon1)N(C)C(=O)c1cc(COc2cccc3cccnc23)on1. The van der Waals surface area contributed by atoms with Crippen molar-refractivity contribution in [2.45, 2.75) is 19.6 Å². The number of benzene rings is 1. The molecule has 1 atom stereocenters. The van der Waals surface area contributed by atoms with Gasteiger partial charge in [0.2, 0.25) is 0 Å². The molecular formula is C20H18N4O4. The van der Waals surface area contributed by atoms with Gasteiger partial charge >= 0.3 is 0 Å². The number of para-hydroxylation sites is 1. The van der Waals surface area contributed by atoms with E-state index in [2.05, 4.69) is 15.3 Å². The molecule has 0 N–H and O–H groups in total. The second kappa shape index (κ2) is 7.51. The zero-order valence-corrected chi connectivity index (χ0v) is 15.4. The van der Waals surface area contributed by atoms with Crippen LogP contribution < -0.4 is 4.74 Å². The molecule has 0 aliphatic carbocycles. The summed E-state index contributed by atoms with van der Waals surface area (Å²) in [5, 5.41) is 8.72. The van der Waals surface area contributed by atoms with E-state index < -0.39 is 0 Å². The van der Waals surface area contributed by atoms with Crippen molar-refractivity contribution < 1.29 is 18.6 Å². The molecule has 28 heavy (non-hydrogen) atoms. The van der Waals surface area contributed by atoms with E-state index in [0.29, 0.717) is 17.2 Å². The zero-order chi connectivity index (χ0) is 19.5. The molecule has 3 heterocycles. The van der Waals surface area contributed by atoms with Gasteiger partial charge in [-0.3, -0.25) is 9.78 Å². The van der Waals surface area contributed by atoms with E-state index in [9.17, 15) is 4.79 Å². The Bertz CT molecular complexity index is 1090. The zero-order valence-electron chi connectivity index (χ0n) is 15.4. The Morgan fingerprint density at radius 3 is 2.89 bits per heavy atom. The normalized spacial score (nSPS) is 12.1. The second-order valence-electron chi connectivity index (χ2n) is 6.31. The molecule has 1 amide bonds. The maximum atomic E-state index is 12.6. The molecule has 0 bridgehead atoms.